The second-order valence-corrected chi connectivity index (χ2v) is 5.04. The van der Waals surface area contributed by atoms with Crippen molar-refractivity contribution in [2.24, 2.45) is 11.8 Å². The highest BCUT2D eigenvalue weighted by atomic mass is 14.9. The van der Waals surface area contributed by atoms with Crippen LogP contribution in [0.2, 0.25) is 0 Å². The van der Waals surface area contributed by atoms with Crippen molar-refractivity contribution in [2.75, 3.05) is 13.1 Å². The van der Waals surface area contributed by atoms with Crippen LogP contribution in [-0.4, -0.2) is 13.1 Å². The Morgan fingerprint density at radius 3 is 2.56 bits per heavy atom. The number of hydrogen-bond acceptors (Lipinski definition) is 1. The highest BCUT2D eigenvalue weighted by Crippen LogP contribution is 2.36. The molecule has 0 saturated heterocycles. The molecule has 1 aromatic carbocycles. The van der Waals surface area contributed by atoms with Crippen LogP contribution in [0.5, 0.6) is 0 Å². The molecule has 1 fully saturated rings. The molecule has 1 aliphatic rings. The van der Waals surface area contributed by atoms with Crippen LogP contribution in [0, 0.1) is 18.8 Å². The van der Waals surface area contributed by atoms with Crippen molar-refractivity contribution in [1.29, 1.82) is 0 Å². The third-order valence-corrected chi connectivity index (χ3v) is 3.97. The molecule has 88 valence electrons. The smallest absolute Gasteiger partial charge is 0.00179 e. The van der Waals surface area contributed by atoms with Crippen LogP contribution in [0.3, 0.4) is 0 Å². The Kier molecular flexibility index (Phi) is 4.00. The molecule has 1 N–H and O–H groups in total. The highest BCUT2D eigenvalue weighted by Gasteiger charge is 2.30. The van der Waals surface area contributed by atoms with Crippen LogP contribution in [0.25, 0.3) is 0 Å². The molecule has 0 bridgehead atoms. The second-order valence-electron chi connectivity index (χ2n) is 5.04. The Bertz CT molecular complexity index is 332. The first-order chi connectivity index (χ1) is 7.81. The molecule has 1 aliphatic carbocycles. The Morgan fingerprint density at radius 1 is 1.19 bits per heavy atom. The van der Waals surface area contributed by atoms with Gasteiger partial charge in [-0.15, -0.1) is 0 Å². The summed E-state index contributed by atoms with van der Waals surface area (Å²) >= 11 is 0. The average molecular weight is 217 g/mol. The lowest BCUT2D eigenvalue weighted by Crippen LogP contribution is -2.36. The predicted molar refractivity (Wildman–Crippen MR) is 69.6 cm³/mol. The van der Waals surface area contributed by atoms with Gasteiger partial charge >= 0.3 is 0 Å². The quantitative estimate of drug-likeness (QED) is 0.799. The second kappa shape index (κ2) is 5.49. The number of benzene rings is 1. The summed E-state index contributed by atoms with van der Waals surface area (Å²) in [4.78, 5) is 0. The van der Waals surface area contributed by atoms with Crippen molar-refractivity contribution in [2.45, 2.75) is 33.1 Å². The van der Waals surface area contributed by atoms with Crippen LogP contribution in [0.1, 0.15) is 30.9 Å². The lowest BCUT2D eigenvalue weighted by molar-refractivity contribution is 0.171. The third-order valence-electron chi connectivity index (χ3n) is 3.97. The van der Waals surface area contributed by atoms with Gasteiger partial charge in [0.05, 0.1) is 0 Å². The van der Waals surface area contributed by atoms with Crippen molar-refractivity contribution >= 4 is 0 Å². The van der Waals surface area contributed by atoms with Crippen molar-refractivity contribution in [3.63, 3.8) is 0 Å². The fourth-order valence-electron chi connectivity index (χ4n) is 2.63. The molecule has 2 atom stereocenters. The summed E-state index contributed by atoms with van der Waals surface area (Å²) < 4.78 is 0. The van der Waals surface area contributed by atoms with E-state index in [0.29, 0.717) is 0 Å². The van der Waals surface area contributed by atoms with E-state index in [1.54, 1.807) is 5.56 Å². The van der Waals surface area contributed by atoms with E-state index < -0.39 is 0 Å². The minimum atomic E-state index is 0.916. The van der Waals surface area contributed by atoms with E-state index in [2.05, 4.69) is 43.4 Å². The van der Waals surface area contributed by atoms with Gasteiger partial charge < -0.3 is 5.32 Å². The first-order valence-electron chi connectivity index (χ1n) is 6.56. The molecule has 0 spiro atoms. The van der Waals surface area contributed by atoms with Gasteiger partial charge in [0.2, 0.25) is 0 Å². The molecule has 0 aromatic heterocycles. The van der Waals surface area contributed by atoms with Gasteiger partial charge in [-0.3, -0.25) is 0 Å². The zero-order chi connectivity index (χ0) is 11.4. The molecular formula is C15H23N. The number of aryl methyl sites for hydroxylation is 1. The Morgan fingerprint density at radius 2 is 1.94 bits per heavy atom. The van der Waals surface area contributed by atoms with Crippen molar-refractivity contribution in [3.05, 3.63) is 35.4 Å². The number of hydrogen-bond donors (Lipinski definition) is 1. The van der Waals surface area contributed by atoms with Gasteiger partial charge in [-0.25, -0.2) is 0 Å². The van der Waals surface area contributed by atoms with Gasteiger partial charge in [0.1, 0.15) is 0 Å². The maximum absolute atomic E-state index is 3.48. The normalized spacial score (nSPS) is 24.1. The minimum Gasteiger partial charge on any atom is -0.317 e. The maximum Gasteiger partial charge on any atom is -0.00179 e. The summed E-state index contributed by atoms with van der Waals surface area (Å²) in [5.41, 5.74) is 3.00. The summed E-state index contributed by atoms with van der Waals surface area (Å²) in [6, 6.07) is 8.82. The van der Waals surface area contributed by atoms with Gasteiger partial charge in [-0.1, -0.05) is 31.2 Å². The summed E-state index contributed by atoms with van der Waals surface area (Å²) in [5, 5.41) is 3.48. The molecule has 16 heavy (non-hydrogen) atoms. The van der Waals surface area contributed by atoms with E-state index in [1.807, 2.05) is 0 Å². The molecule has 2 unspecified atom stereocenters. The molecule has 1 heteroatoms. The van der Waals surface area contributed by atoms with E-state index >= 15 is 0 Å². The molecule has 1 aromatic rings. The van der Waals surface area contributed by atoms with E-state index in [-0.39, 0.29) is 0 Å². The third kappa shape index (κ3) is 2.65. The highest BCUT2D eigenvalue weighted by molar-refractivity contribution is 5.26. The summed E-state index contributed by atoms with van der Waals surface area (Å²) in [6.07, 6.45) is 4.12. The van der Waals surface area contributed by atoms with E-state index in [1.165, 1.54) is 31.4 Å². The first kappa shape index (κ1) is 11.7. The van der Waals surface area contributed by atoms with E-state index in [4.69, 9.17) is 0 Å². The van der Waals surface area contributed by atoms with Crippen LogP contribution in [0.15, 0.2) is 24.3 Å². The minimum absolute atomic E-state index is 0.916. The standard InChI is InChI=1S/C15H23N/c1-3-16-11-15-9-8-14(15)10-13-7-5-4-6-12(13)2/h4-7,14-16H,3,8-11H2,1-2H3. The lowest BCUT2D eigenvalue weighted by atomic mass is 9.70. The first-order valence-corrected chi connectivity index (χ1v) is 6.56. The van der Waals surface area contributed by atoms with Crippen LogP contribution < -0.4 is 5.32 Å². The van der Waals surface area contributed by atoms with Crippen LogP contribution in [-0.2, 0) is 6.42 Å². The summed E-state index contributed by atoms with van der Waals surface area (Å²) in [5.74, 6) is 1.83. The van der Waals surface area contributed by atoms with Crippen molar-refractivity contribution in [1.82, 2.24) is 5.32 Å². The van der Waals surface area contributed by atoms with Gasteiger partial charge in [-0.05, 0) is 62.2 Å². The maximum atomic E-state index is 3.48. The molecule has 0 radical (unpaired) electrons. The molecule has 1 saturated carbocycles. The van der Waals surface area contributed by atoms with E-state index in [0.717, 1.165) is 18.4 Å². The average Bonchev–Trinajstić information content (AvgIpc) is 2.27. The van der Waals surface area contributed by atoms with Crippen molar-refractivity contribution < 1.29 is 0 Å². The molecule has 0 aliphatic heterocycles. The number of nitrogens with one attached hydrogen (secondary N) is 1. The Hall–Kier alpha value is -0.820. The molecule has 1 nitrogen and oxygen atoms in total. The lowest BCUT2D eigenvalue weighted by Gasteiger charge is -2.37. The monoisotopic (exact) mass is 217 g/mol. The van der Waals surface area contributed by atoms with Gasteiger partial charge in [0, 0.05) is 0 Å². The summed E-state index contributed by atoms with van der Waals surface area (Å²) in [6.45, 7) is 6.74. The van der Waals surface area contributed by atoms with Gasteiger partial charge in [0.15, 0.2) is 0 Å². The topological polar surface area (TPSA) is 12.0 Å². The fraction of sp³-hybridized carbons (Fsp3) is 0.600. The molecule has 2 rings (SSSR count). The summed E-state index contributed by atoms with van der Waals surface area (Å²) in [7, 11) is 0. The Balaban J connectivity index is 1.88. The Labute approximate surface area is 99.3 Å². The van der Waals surface area contributed by atoms with Crippen LogP contribution in [0.4, 0.5) is 0 Å². The number of rotatable bonds is 5. The van der Waals surface area contributed by atoms with Crippen LogP contribution >= 0.6 is 0 Å². The SMILES string of the molecule is CCNCC1CCC1Cc1ccccc1C. The zero-order valence-electron chi connectivity index (χ0n) is 10.5. The predicted octanol–water partition coefficient (Wildman–Crippen LogP) is 3.17. The fourth-order valence-corrected chi connectivity index (χ4v) is 2.63. The van der Waals surface area contributed by atoms with E-state index in [9.17, 15) is 0 Å². The van der Waals surface area contributed by atoms with Gasteiger partial charge in [-0.2, -0.15) is 0 Å². The van der Waals surface area contributed by atoms with Gasteiger partial charge in [0.25, 0.3) is 0 Å². The zero-order valence-corrected chi connectivity index (χ0v) is 10.5. The molecule has 0 amide bonds. The molecular weight excluding hydrogens is 194 g/mol. The largest absolute Gasteiger partial charge is 0.317 e. The van der Waals surface area contributed by atoms with Crippen molar-refractivity contribution in [3.8, 4) is 0 Å². The molecule has 0 heterocycles.